The largest absolute Gasteiger partial charge is 0.232 e. The van der Waals surface area contributed by atoms with Crippen molar-refractivity contribution in [2.24, 2.45) is 13.0 Å². The van der Waals surface area contributed by atoms with Crippen molar-refractivity contribution in [3.63, 3.8) is 0 Å². The number of aryl methyl sites for hydroxylation is 1. The van der Waals surface area contributed by atoms with Crippen molar-refractivity contribution in [2.45, 2.75) is 32.1 Å². The molecule has 0 aliphatic carbocycles. The lowest BCUT2D eigenvalue weighted by molar-refractivity contribution is 0.450. The van der Waals surface area contributed by atoms with Crippen LogP contribution in [0, 0.1) is 5.92 Å². The molecule has 2 unspecified atom stereocenters. The molecule has 0 radical (unpaired) electrons. The molecule has 2 atom stereocenters. The number of rotatable bonds is 3. The SMILES string of the molecule is CC(C)C(c1nnnn1C)C(C)Cl. The molecule has 0 amide bonds. The van der Waals surface area contributed by atoms with Gasteiger partial charge >= 0.3 is 0 Å². The van der Waals surface area contributed by atoms with E-state index in [2.05, 4.69) is 29.4 Å². The van der Waals surface area contributed by atoms with Gasteiger partial charge in [0.05, 0.1) is 0 Å². The van der Waals surface area contributed by atoms with Gasteiger partial charge in [-0.1, -0.05) is 13.8 Å². The van der Waals surface area contributed by atoms with Crippen molar-refractivity contribution < 1.29 is 0 Å². The van der Waals surface area contributed by atoms with E-state index in [1.165, 1.54) is 0 Å². The van der Waals surface area contributed by atoms with Gasteiger partial charge in [-0.25, -0.2) is 4.68 Å². The molecule has 0 aliphatic heterocycles. The van der Waals surface area contributed by atoms with Gasteiger partial charge in [0.15, 0.2) is 5.82 Å². The first-order valence-electron chi connectivity index (χ1n) is 4.40. The van der Waals surface area contributed by atoms with Gasteiger partial charge in [0.2, 0.25) is 0 Å². The van der Waals surface area contributed by atoms with Crippen LogP contribution in [0.4, 0.5) is 0 Å². The first-order valence-corrected chi connectivity index (χ1v) is 4.84. The van der Waals surface area contributed by atoms with Gasteiger partial charge < -0.3 is 0 Å². The second-order valence-corrected chi connectivity index (χ2v) is 4.30. The third-order valence-corrected chi connectivity index (χ3v) is 2.44. The summed E-state index contributed by atoms with van der Waals surface area (Å²) in [6, 6.07) is 0. The fraction of sp³-hybridized carbons (Fsp3) is 0.875. The number of aromatic nitrogens is 4. The van der Waals surface area contributed by atoms with Crippen LogP contribution in [0.5, 0.6) is 0 Å². The highest BCUT2D eigenvalue weighted by Gasteiger charge is 2.25. The van der Waals surface area contributed by atoms with Crippen molar-refractivity contribution in [3.05, 3.63) is 5.82 Å². The van der Waals surface area contributed by atoms with E-state index in [0.29, 0.717) is 5.92 Å². The third kappa shape index (κ3) is 2.18. The van der Waals surface area contributed by atoms with E-state index < -0.39 is 0 Å². The summed E-state index contributed by atoms with van der Waals surface area (Å²) >= 11 is 6.09. The number of alkyl halides is 1. The quantitative estimate of drug-likeness (QED) is 0.699. The first-order chi connectivity index (χ1) is 6.04. The minimum Gasteiger partial charge on any atom is -0.232 e. The molecule has 0 bridgehead atoms. The van der Waals surface area contributed by atoms with E-state index in [1.807, 2.05) is 14.0 Å². The predicted molar refractivity (Wildman–Crippen MR) is 51.7 cm³/mol. The Hall–Kier alpha value is -0.640. The fourth-order valence-electron chi connectivity index (χ4n) is 1.55. The van der Waals surface area contributed by atoms with Crippen LogP contribution in [0.15, 0.2) is 0 Å². The predicted octanol–water partition coefficient (Wildman–Crippen LogP) is 1.58. The molecule has 1 rings (SSSR count). The fourth-order valence-corrected chi connectivity index (χ4v) is 1.96. The number of hydrogen-bond acceptors (Lipinski definition) is 3. The highest BCUT2D eigenvalue weighted by Crippen LogP contribution is 2.28. The minimum absolute atomic E-state index is 0.0460. The molecule has 0 aromatic carbocycles. The molecule has 0 saturated heterocycles. The van der Waals surface area contributed by atoms with Crippen molar-refractivity contribution >= 4 is 11.6 Å². The van der Waals surface area contributed by atoms with E-state index >= 15 is 0 Å². The molecule has 1 aromatic rings. The molecule has 0 aliphatic rings. The Balaban J connectivity index is 2.95. The molecule has 0 fully saturated rings. The van der Waals surface area contributed by atoms with Crippen LogP contribution in [0.25, 0.3) is 0 Å². The van der Waals surface area contributed by atoms with Gasteiger partial charge in [0.25, 0.3) is 0 Å². The van der Waals surface area contributed by atoms with Crippen LogP contribution in [0.1, 0.15) is 32.5 Å². The number of tetrazole rings is 1. The van der Waals surface area contributed by atoms with Crippen LogP contribution in [-0.4, -0.2) is 25.6 Å². The van der Waals surface area contributed by atoms with Crippen LogP contribution in [0.3, 0.4) is 0 Å². The lowest BCUT2D eigenvalue weighted by Gasteiger charge is -2.21. The average Bonchev–Trinajstić information content (AvgIpc) is 2.35. The van der Waals surface area contributed by atoms with Crippen LogP contribution in [-0.2, 0) is 7.05 Å². The lowest BCUT2D eigenvalue weighted by Crippen LogP contribution is -2.20. The highest BCUT2D eigenvalue weighted by atomic mass is 35.5. The van der Waals surface area contributed by atoms with E-state index in [-0.39, 0.29) is 11.3 Å². The summed E-state index contributed by atoms with van der Waals surface area (Å²) in [6.45, 7) is 6.22. The van der Waals surface area contributed by atoms with Crippen LogP contribution >= 0.6 is 11.6 Å². The summed E-state index contributed by atoms with van der Waals surface area (Å²) < 4.78 is 1.68. The summed E-state index contributed by atoms with van der Waals surface area (Å²) in [6.07, 6.45) is 0. The van der Waals surface area contributed by atoms with Crippen molar-refractivity contribution in [2.75, 3.05) is 0 Å². The topological polar surface area (TPSA) is 43.6 Å². The smallest absolute Gasteiger partial charge is 0.155 e. The molecule has 13 heavy (non-hydrogen) atoms. The van der Waals surface area contributed by atoms with Crippen LogP contribution in [0.2, 0.25) is 0 Å². The van der Waals surface area contributed by atoms with Gasteiger partial charge in [0.1, 0.15) is 0 Å². The Morgan fingerprint density at radius 2 is 1.92 bits per heavy atom. The van der Waals surface area contributed by atoms with Gasteiger partial charge in [-0.3, -0.25) is 0 Å². The molecule has 74 valence electrons. The summed E-state index contributed by atoms with van der Waals surface area (Å²) in [5.41, 5.74) is 0. The maximum absolute atomic E-state index is 6.09. The maximum Gasteiger partial charge on any atom is 0.155 e. The van der Waals surface area contributed by atoms with E-state index in [1.54, 1.807) is 4.68 Å². The zero-order chi connectivity index (χ0) is 10.0. The standard InChI is InChI=1S/C8H15ClN4/c1-5(2)7(6(3)9)8-10-11-12-13(8)4/h5-7H,1-4H3. The lowest BCUT2D eigenvalue weighted by atomic mass is 9.92. The summed E-state index contributed by atoms with van der Waals surface area (Å²) in [7, 11) is 1.84. The van der Waals surface area contributed by atoms with E-state index in [0.717, 1.165) is 5.82 Å². The van der Waals surface area contributed by atoms with Crippen molar-refractivity contribution in [3.8, 4) is 0 Å². The van der Waals surface area contributed by atoms with Crippen LogP contribution < -0.4 is 0 Å². The number of nitrogens with zero attached hydrogens (tertiary/aromatic N) is 4. The Labute approximate surface area is 83.3 Å². The maximum atomic E-state index is 6.09. The second-order valence-electron chi connectivity index (χ2n) is 3.61. The molecular weight excluding hydrogens is 188 g/mol. The Morgan fingerprint density at radius 3 is 2.23 bits per heavy atom. The Bertz CT molecular complexity index is 261. The normalized spacial score (nSPS) is 16.2. The highest BCUT2D eigenvalue weighted by molar-refractivity contribution is 6.20. The molecule has 0 N–H and O–H groups in total. The molecule has 5 heteroatoms. The zero-order valence-corrected chi connectivity index (χ0v) is 9.15. The summed E-state index contributed by atoms with van der Waals surface area (Å²) in [5, 5.41) is 11.4. The van der Waals surface area contributed by atoms with Gasteiger partial charge in [-0.05, 0) is 23.3 Å². The molecule has 1 aromatic heterocycles. The molecular formula is C8H15ClN4. The Kier molecular flexibility index (Phi) is 3.25. The summed E-state index contributed by atoms with van der Waals surface area (Å²) in [5.74, 6) is 1.51. The average molecular weight is 203 g/mol. The molecule has 1 heterocycles. The zero-order valence-electron chi connectivity index (χ0n) is 8.40. The van der Waals surface area contributed by atoms with Gasteiger partial charge in [0, 0.05) is 18.3 Å². The van der Waals surface area contributed by atoms with Crippen molar-refractivity contribution in [1.82, 2.24) is 20.2 Å². The Morgan fingerprint density at radius 1 is 1.31 bits per heavy atom. The van der Waals surface area contributed by atoms with E-state index in [4.69, 9.17) is 11.6 Å². The number of halogens is 1. The van der Waals surface area contributed by atoms with Gasteiger partial charge in [-0.2, -0.15) is 0 Å². The van der Waals surface area contributed by atoms with Crippen molar-refractivity contribution in [1.29, 1.82) is 0 Å². The summed E-state index contributed by atoms with van der Waals surface area (Å²) in [4.78, 5) is 0. The van der Waals surface area contributed by atoms with Gasteiger partial charge in [-0.15, -0.1) is 16.7 Å². The second kappa shape index (κ2) is 4.05. The first kappa shape index (κ1) is 10.4. The molecule has 0 spiro atoms. The third-order valence-electron chi connectivity index (χ3n) is 2.16. The van der Waals surface area contributed by atoms with E-state index in [9.17, 15) is 0 Å². The monoisotopic (exact) mass is 202 g/mol. The molecule has 4 nitrogen and oxygen atoms in total. The molecule has 0 saturated carbocycles. The number of hydrogen-bond donors (Lipinski definition) is 0. The minimum atomic E-state index is 0.0460.